The van der Waals surface area contributed by atoms with Gasteiger partial charge in [0.15, 0.2) is 0 Å². The van der Waals surface area contributed by atoms with Crippen LogP contribution in [0, 0.1) is 20.2 Å². The molecule has 0 aliphatic heterocycles. The first-order valence-electron chi connectivity index (χ1n) is 6.23. The lowest BCUT2D eigenvalue weighted by molar-refractivity contribution is -0.394. The van der Waals surface area contributed by atoms with Gasteiger partial charge >= 0.3 is 5.95 Å². The number of nitro benzene ring substituents is 1. The second-order valence-corrected chi connectivity index (χ2v) is 4.43. The second kappa shape index (κ2) is 5.59. The zero-order valence-corrected chi connectivity index (χ0v) is 11.4. The first-order chi connectivity index (χ1) is 11.0. The van der Waals surface area contributed by atoms with Crippen molar-refractivity contribution < 1.29 is 9.85 Å². The highest BCUT2D eigenvalue weighted by Gasteiger charge is 2.14. The van der Waals surface area contributed by atoms with Crippen molar-refractivity contribution in [1.82, 2.24) is 29.8 Å². The Hall–Kier alpha value is -3.70. The average molecular weight is 316 g/mol. The molecule has 0 spiro atoms. The van der Waals surface area contributed by atoms with Gasteiger partial charge in [0.05, 0.1) is 16.8 Å². The highest BCUT2D eigenvalue weighted by atomic mass is 16.6. The number of rotatable bonds is 5. The van der Waals surface area contributed by atoms with E-state index >= 15 is 0 Å². The molecule has 0 radical (unpaired) electrons. The van der Waals surface area contributed by atoms with E-state index in [-0.39, 0.29) is 12.2 Å². The maximum absolute atomic E-state index is 10.6. The van der Waals surface area contributed by atoms with Crippen LogP contribution in [-0.2, 0) is 6.54 Å². The molecule has 3 aromatic rings. The van der Waals surface area contributed by atoms with Crippen LogP contribution in [0.4, 0.5) is 11.6 Å². The van der Waals surface area contributed by atoms with Gasteiger partial charge in [0.25, 0.3) is 5.69 Å². The Bertz CT molecular complexity index is 868. The van der Waals surface area contributed by atoms with Gasteiger partial charge in [-0.3, -0.25) is 10.1 Å². The summed E-state index contributed by atoms with van der Waals surface area (Å²) in [7, 11) is 0. The van der Waals surface area contributed by atoms with E-state index in [2.05, 4.69) is 20.4 Å². The monoisotopic (exact) mass is 316 g/mol. The summed E-state index contributed by atoms with van der Waals surface area (Å²) in [6, 6.07) is 5.79. The molecular weight excluding hydrogens is 308 g/mol. The van der Waals surface area contributed by atoms with Crippen LogP contribution in [0.15, 0.2) is 36.8 Å². The first kappa shape index (κ1) is 14.2. The Labute approximate surface area is 127 Å². The maximum Gasteiger partial charge on any atom is 0.490 e. The van der Waals surface area contributed by atoms with E-state index in [4.69, 9.17) is 0 Å². The number of non-ortho nitro benzene ring substituents is 1. The number of hydrogen-bond donors (Lipinski definition) is 0. The van der Waals surface area contributed by atoms with E-state index in [1.807, 2.05) is 0 Å². The van der Waals surface area contributed by atoms with Crippen molar-refractivity contribution in [2.45, 2.75) is 6.54 Å². The molecule has 12 nitrogen and oxygen atoms in total. The summed E-state index contributed by atoms with van der Waals surface area (Å²) in [6.45, 7) is 0.161. The molecule has 3 rings (SSSR count). The van der Waals surface area contributed by atoms with E-state index < -0.39 is 15.8 Å². The van der Waals surface area contributed by atoms with Crippen LogP contribution in [0.5, 0.6) is 0 Å². The van der Waals surface area contributed by atoms with Gasteiger partial charge in [-0.1, -0.05) is 10.2 Å². The van der Waals surface area contributed by atoms with Crippen LogP contribution in [0.2, 0.25) is 0 Å². The maximum atomic E-state index is 10.6. The third-order valence-corrected chi connectivity index (χ3v) is 2.88. The highest BCUT2D eigenvalue weighted by Crippen LogP contribution is 2.14. The van der Waals surface area contributed by atoms with Crippen LogP contribution < -0.4 is 0 Å². The quantitative estimate of drug-likeness (QED) is 0.494. The van der Waals surface area contributed by atoms with E-state index in [9.17, 15) is 20.2 Å². The minimum absolute atomic E-state index is 0.0241. The molecule has 2 heterocycles. The van der Waals surface area contributed by atoms with E-state index in [1.54, 1.807) is 6.20 Å². The fraction of sp³-hybridized carbons (Fsp3) is 0.0909. The van der Waals surface area contributed by atoms with Crippen molar-refractivity contribution in [3.05, 3.63) is 62.7 Å². The summed E-state index contributed by atoms with van der Waals surface area (Å²) >= 11 is 0. The molecule has 0 bridgehead atoms. The lowest BCUT2D eigenvalue weighted by Gasteiger charge is -1.98. The lowest BCUT2D eigenvalue weighted by atomic mass is 10.3. The summed E-state index contributed by atoms with van der Waals surface area (Å²) in [5.41, 5.74) is 1.08. The van der Waals surface area contributed by atoms with Crippen molar-refractivity contribution in [3.8, 4) is 5.69 Å². The second-order valence-electron chi connectivity index (χ2n) is 4.43. The summed E-state index contributed by atoms with van der Waals surface area (Å²) in [4.78, 5) is 23.5. The summed E-state index contributed by atoms with van der Waals surface area (Å²) in [5.74, 6) is -0.493. The third kappa shape index (κ3) is 2.99. The summed E-state index contributed by atoms with van der Waals surface area (Å²) in [6.07, 6.45) is 2.82. The smallest absolute Gasteiger partial charge is 0.390 e. The summed E-state index contributed by atoms with van der Waals surface area (Å²) in [5, 5.41) is 32.6. The molecule has 116 valence electrons. The fourth-order valence-electron chi connectivity index (χ4n) is 1.83. The molecule has 0 aliphatic rings. The van der Waals surface area contributed by atoms with Crippen LogP contribution in [0.3, 0.4) is 0 Å². The van der Waals surface area contributed by atoms with Gasteiger partial charge in [-0.05, 0) is 17.1 Å². The standard InChI is InChI=1S/C11H8N8O4/c20-18(21)10-3-1-9(2-4-10)17-6-8(13-15-17)5-16-7-12-11(14-16)19(22)23/h1-4,6-7H,5H2. The number of hydrogen-bond acceptors (Lipinski definition) is 8. The molecule has 0 fully saturated rings. The minimum Gasteiger partial charge on any atom is -0.390 e. The van der Waals surface area contributed by atoms with Crippen LogP contribution in [-0.4, -0.2) is 39.6 Å². The van der Waals surface area contributed by atoms with Crippen LogP contribution in [0.1, 0.15) is 5.69 Å². The van der Waals surface area contributed by atoms with Crippen LogP contribution >= 0.6 is 0 Å². The molecule has 2 aromatic heterocycles. The Morgan fingerprint density at radius 2 is 1.83 bits per heavy atom. The lowest BCUT2D eigenvalue weighted by Crippen LogP contribution is -2.01. The number of nitrogens with zero attached hydrogens (tertiary/aromatic N) is 8. The van der Waals surface area contributed by atoms with Crippen molar-refractivity contribution in [3.63, 3.8) is 0 Å². The molecule has 0 aliphatic carbocycles. The normalized spacial score (nSPS) is 10.6. The Balaban J connectivity index is 1.76. The van der Waals surface area contributed by atoms with Crippen molar-refractivity contribution in [1.29, 1.82) is 0 Å². The summed E-state index contributed by atoms with van der Waals surface area (Å²) < 4.78 is 2.70. The predicted molar refractivity (Wildman–Crippen MR) is 73.8 cm³/mol. The fourth-order valence-corrected chi connectivity index (χ4v) is 1.83. The van der Waals surface area contributed by atoms with Crippen molar-refractivity contribution in [2.24, 2.45) is 0 Å². The van der Waals surface area contributed by atoms with Gasteiger partial charge in [0.1, 0.15) is 12.2 Å². The largest absolute Gasteiger partial charge is 0.490 e. The van der Waals surface area contributed by atoms with Gasteiger partial charge < -0.3 is 10.1 Å². The molecule has 0 unspecified atom stereocenters. The van der Waals surface area contributed by atoms with Gasteiger partial charge in [0.2, 0.25) is 6.33 Å². The number of aromatic nitrogens is 6. The number of nitro groups is 2. The van der Waals surface area contributed by atoms with Crippen LogP contribution in [0.25, 0.3) is 5.69 Å². The van der Waals surface area contributed by atoms with Gasteiger partial charge in [0, 0.05) is 17.2 Å². The zero-order valence-electron chi connectivity index (χ0n) is 11.4. The Kier molecular flexibility index (Phi) is 3.46. The first-order valence-corrected chi connectivity index (χ1v) is 6.23. The van der Waals surface area contributed by atoms with E-state index in [1.165, 1.54) is 40.0 Å². The Morgan fingerprint density at radius 3 is 2.43 bits per heavy atom. The van der Waals surface area contributed by atoms with Crippen molar-refractivity contribution in [2.75, 3.05) is 0 Å². The Morgan fingerprint density at radius 1 is 1.09 bits per heavy atom. The number of benzene rings is 1. The molecule has 0 amide bonds. The van der Waals surface area contributed by atoms with Crippen molar-refractivity contribution >= 4 is 11.6 Å². The van der Waals surface area contributed by atoms with Gasteiger partial charge in [-0.2, -0.15) is 4.68 Å². The molecular formula is C11H8N8O4. The van der Waals surface area contributed by atoms with E-state index in [0.717, 1.165) is 0 Å². The average Bonchev–Trinajstić information content (AvgIpc) is 3.17. The molecule has 23 heavy (non-hydrogen) atoms. The molecule has 0 saturated carbocycles. The van der Waals surface area contributed by atoms with Gasteiger partial charge in [-0.15, -0.1) is 5.10 Å². The molecule has 12 heteroatoms. The molecule has 0 atom stereocenters. The highest BCUT2D eigenvalue weighted by molar-refractivity contribution is 5.40. The zero-order chi connectivity index (χ0) is 16.4. The SMILES string of the molecule is O=[N+]([O-])c1ccc(-n2cc(Cn3cnc([N+](=O)[O-])n3)nn2)cc1. The molecule has 0 N–H and O–H groups in total. The molecule has 0 saturated heterocycles. The molecule has 1 aromatic carbocycles. The predicted octanol–water partition coefficient (Wildman–Crippen LogP) is 0.723. The van der Waals surface area contributed by atoms with E-state index in [0.29, 0.717) is 11.4 Å². The minimum atomic E-state index is -0.690. The topological polar surface area (TPSA) is 148 Å². The third-order valence-electron chi connectivity index (χ3n) is 2.88. The van der Waals surface area contributed by atoms with Gasteiger partial charge in [-0.25, -0.2) is 4.68 Å².